The van der Waals surface area contributed by atoms with Gasteiger partial charge in [0, 0.05) is 41.8 Å². The van der Waals surface area contributed by atoms with Gasteiger partial charge in [-0.15, -0.1) is 11.3 Å². The predicted octanol–water partition coefficient (Wildman–Crippen LogP) is 5.79. The molecule has 2 aromatic carbocycles. The van der Waals surface area contributed by atoms with Gasteiger partial charge in [-0.25, -0.2) is 17.8 Å². The van der Waals surface area contributed by atoms with E-state index in [1.54, 1.807) is 28.6 Å². The van der Waals surface area contributed by atoms with Crippen molar-refractivity contribution in [1.29, 1.82) is 0 Å². The third-order valence-corrected chi connectivity index (χ3v) is 12.0. The van der Waals surface area contributed by atoms with E-state index >= 15 is 0 Å². The molecule has 7 rings (SSSR count). The number of fused-ring (bicyclic) bond motifs is 2. The molecule has 2 aliphatic heterocycles. The highest BCUT2D eigenvalue weighted by molar-refractivity contribution is 7.93. The number of rotatable bonds is 7. The number of anilines is 1. The maximum absolute atomic E-state index is 14.4. The van der Waals surface area contributed by atoms with Crippen LogP contribution in [0.1, 0.15) is 62.7 Å². The number of pyridine rings is 1. The zero-order valence-corrected chi connectivity index (χ0v) is 26.9. The number of nitrogens with zero attached hydrogens (tertiary/aromatic N) is 4. The standard InChI is InChI=1S/C33H29F4N5O4S2/c34-22-6-8-23(9-7-22)48(45,46)42-27-10-5-21(29(43)40-19-26-24(33(35,36)37)2-1-13-38-26)18-25(27)32(28(42)20-3-4-20)11-15-41(16-12-32)31(44)30-39-14-17-47-30/h1-2,5-10,13-14,17-18,20,28H,3-4,11-12,15-16,19H2,(H,40,43). The fourth-order valence-electron chi connectivity index (χ4n) is 7.10. The van der Waals surface area contributed by atoms with Gasteiger partial charge in [-0.2, -0.15) is 13.2 Å². The van der Waals surface area contributed by atoms with Gasteiger partial charge in [0.25, 0.3) is 21.8 Å². The predicted molar refractivity (Wildman–Crippen MR) is 168 cm³/mol. The Labute approximate surface area is 277 Å². The summed E-state index contributed by atoms with van der Waals surface area (Å²) >= 11 is 1.24. The summed E-state index contributed by atoms with van der Waals surface area (Å²) < 4.78 is 84.5. The first-order valence-corrected chi connectivity index (χ1v) is 17.6. The summed E-state index contributed by atoms with van der Waals surface area (Å²) in [5.41, 5.74) is -0.909. The maximum atomic E-state index is 14.4. The summed E-state index contributed by atoms with van der Waals surface area (Å²) in [4.78, 5) is 36.2. The number of likely N-dealkylation sites (tertiary alicyclic amines) is 1. The quantitative estimate of drug-likeness (QED) is 0.245. The number of hydrogen-bond donors (Lipinski definition) is 1. The molecule has 4 heterocycles. The molecule has 1 N–H and O–H groups in total. The largest absolute Gasteiger partial charge is 0.418 e. The molecule has 1 saturated heterocycles. The van der Waals surface area contributed by atoms with Gasteiger partial charge in [-0.3, -0.25) is 18.9 Å². The minimum absolute atomic E-state index is 0.0102. The SMILES string of the molecule is O=C(NCc1ncccc1C(F)(F)F)c1ccc2c(c1)C1(CCN(C(=O)c3nccs3)CC1)C(C1CC1)N2S(=O)(=O)c1ccc(F)cc1. The second-order valence-electron chi connectivity index (χ2n) is 12.2. The van der Waals surface area contributed by atoms with Gasteiger partial charge in [-0.05, 0) is 91.8 Å². The normalized spacial score (nSPS) is 19.0. The molecule has 1 aliphatic carbocycles. The molecular formula is C33H29F4N5O4S2. The number of carbonyl (C=O) groups is 2. The number of sulfonamides is 1. The average molecular weight is 700 g/mol. The summed E-state index contributed by atoms with van der Waals surface area (Å²) in [6, 6.07) is 10.8. The molecule has 1 spiro atoms. The molecular weight excluding hydrogens is 671 g/mol. The topological polar surface area (TPSA) is 113 Å². The molecule has 2 amide bonds. The van der Waals surface area contributed by atoms with E-state index in [0.717, 1.165) is 31.0 Å². The molecule has 0 radical (unpaired) electrons. The van der Waals surface area contributed by atoms with Crippen LogP contribution in [0.5, 0.6) is 0 Å². The van der Waals surface area contributed by atoms with Gasteiger partial charge < -0.3 is 10.2 Å². The maximum Gasteiger partial charge on any atom is 0.418 e. The van der Waals surface area contributed by atoms with Gasteiger partial charge in [0.2, 0.25) is 0 Å². The number of nitrogens with one attached hydrogen (secondary N) is 1. The number of benzene rings is 2. The number of halogens is 4. The monoisotopic (exact) mass is 699 g/mol. The van der Waals surface area contributed by atoms with E-state index in [9.17, 15) is 35.6 Å². The summed E-state index contributed by atoms with van der Waals surface area (Å²) in [6.07, 6.45) is 0.510. The van der Waals surface area contributed by atoms with Crippen molar-refractivity contribution < 1.29 is 35.6 Å². The molecule has 48 heavy (non-hydrogen) atoms. The van der Waals surface area contributed by atoms with Crippen LogP contribution < -0.4 is 9.62 Å². The van der Waals surface area contributed by atoms with Gasteiger partial charge in [0.15, 0.2) is 5.01 Å². The van der Waals surface area contributed by atoms with Crippen LogP contribution in [0.15, 0.2) is 77.3 Å². The minimum Gasteiger partial charge on any atom is -0.346 e. The van der Waals surface area contributed by atoms with Gasteiger partial charge >= 0.3 is 6.18 Å². The van der Waals surface area contributed by atoms with Crippen molar-refractivity contribution in [3.05, 3.63) is 106 Å². The lowest BCUT2D eigenvalue weighted by Gasteiger charge is -2.45. The number of amides is 2. The Morgan fingerprint density at radius 1 is 1.00 bits per heavy atom. The second kappa shape index (κ2) is 11.9. The van der Waals surface area contributed by atoms with Crippen molar-refractivity contribution in [2.24, 2.45) is 5.92 Å². The van der Waals surface area contributed by atoms with Crippen LogP contribution in [0.3, 0.4) is 0 Å². The number of aromatic nitrogens is 2. The smallest absolute Gasteiger partial charge is 0.346 e. The molecule has 9 nitrogen and oxygen atoms in total. The van der Waals surface area contributed by atoms with Crippen molar-refractivity contribution >= 4 is 38.9 Å². The lowest BCUT2D eigenvalue weighted by atomic mass is 9.68. The van der Waals surface area contributed by atoms with Crippen LogP contribution >= 0.6 is 11.3 Å². The molecule has 1 saturated carbocycles. The zero-order chi connectivity index (χ0) is 33.8. The Kier molecular flexibility index (Phi) is 8.01. The number of hydrogen-bond acceptors (Lipinski definition) is 7. The van der Waals surface area contributed by atoms with E-state index in [1.807, 2.05) is 0 Å². The Bertz CT molecular complexity index is 1980. The van der Waals surface area contributed by atoms with Gasteiger partial charge in [-0.1, -0.05) is 0 Å². The van der Waals surface area contributed by atoms with Crippen LogP contribution in [0.25, 0.3) is 0 Å². The highest BCUT2D eigenvalue weighted by Crippen LogP contribution is 2.59. The lowest BCUT2D eigenvalue weighted by molar-refractivity contribution is -0.138. The zero-order valence-electron chi connectivity index (χ0n) is 25.3. The fourth-order valence-corrected chi connectivity index (χ4v) is 9.50. The molecule has 1 atom stereocenters. The number of carbonyl (C=O) groups excluding carboxylic acids is 2. The molecule has 0 bridgehead atoms. The first-order chi connectivity index (χ1) is 22.9. The van der Waals surface area contributed by atoms with E-state index in [2.05, 4.69) is 15.3 Å². The Hall–Kier alpha value is -4.37. The third-order valence-electron chi connectivity index (χ3n) is 9.46. The Morgan fingerprint density at radius 2 is 1.73 bits per heavy atom. The van der Waals surface area contributed by atoms with E-state index in [0.29, 0.717) is 42.2 Å². The van der Waals surface area contributed by atoms with Gasteiger partial charge in [0.1, 0.15) is 5.82 Å². The first kappa shape index (κ1) is 32.2. The highest BCUT2D eigenvalue weighted by atomic mass is 32.2. The average Bonchev–Trinajstić information content (AvgIpc) is 3.67. The van der Waals surface area contributed by atoms with E-state index in [4.69, 9.17) is 0 Å². The van der Waals surface area contributed by atoms with E-state index < -0.39 is 51.5 Å². The van der Waals surface area contributed by atoms with Crippen molar-refractivity contribution in [2.45, 2.75) is 54.8 Å². The lowest BCUT2D eigenvalue weighted by Crippen LogP contribution is -2.54. The molecule has 2 aromatic heterocycles. The van der Waals surface area contributed by atoms with Crippen LogP contribution in [0.2, 0.25) is 0 Å². The number of piperidine rings is 1. The molecule has 3 aliphatic rings. The van der Waals surface area contributed by atoms with Crippen molar-refractivity contribution in [1.82, 2.24) is 20.2 Å². The van der Waals surface area contributed by atoms with E-state index in [-0.39, 0.29) is 28.0 Å². The number of alkyl halides is 3. The molecule has 1 unspecified atom stereocenters. The molecule has 15 heteroatoms. The van der Waals surface area contributed by atoms with Gasteiger partial charge in [0.05, 0.1) is 34.4 Å². The van der Waals surface area contributed by atoms with Crippen LogP contribution in [0, 0.1) is 11.7 Å². The van der Waals surface area contributed by atoms with Crippen molar-refractivity contribution in [3.63, 3.8) is 0 Å². The van der Waals surface area contributed by atoms with Crippen LogP contribution in [0.4, 0.5) is 23.2 Å². The molecule has 250 valence electrons. The summed E-state index contributed by atoms with van der Waals surface area (Å²) in [7, 11) is -4.20. The first-order valence-electron chi connectivity index (χ1n) is 15.3. The third kappa shape index (κ3) is 5.62. The summed E-state index contributed by atoms with van der Waals surface area (Å²) in [6.45, 7) is 0.171. The highest BCUT2D eigenvalue weighted by Gasteiger charge is 2.60. The molecule has 2 fully saturated rings. The fraction of sp³-hybridized carbons (Fsp3) is 0.333. The Balaban J connectivity index is 1.26. The molecule has 4 aromatic rings. The van der Waals surface area contributed by atoms with E-state index in [1.165, 1.54) is 46.1 Å². The summed E-state index contributed by atoms with van der Waals surface area (Å²) in [5, 5.41) is 4.62. The number of thiazole rings is 1. The Morgan fingerprint density at radius 3 is 2.38 bits per heavy atom. The van der Waals surface area contributed by atoms with Crippen molar-refractivity contribution in [3.8, 4) is 0 Å². The van der Waals surface area contributed by atoms with Crippen LogP contribution in [-0.2, 0) is 28.2 Å². The van der Waals surface area contributed by atoms with Crippen LogP contribution in [-0.4, -0.2) is 54.2 Å². The van der Waals surface area contributed by atoms with Crippen molar-refractivity contribution in [2.75, 3.05) is 17.4 Å². The summed E-state index contributed by atoms with van der Waals surface area (Å²) in [5.74, 6) is -1.42. The minimum atomic E-state index is -4.65. The second-order valence-corrected chi connectivity index (χ2v) is 14.9.